The molecule has 3 saturated carbocycles. The molecular weight excluding hydrogens is 492 g/mol. The van der Waals surface area contributed by atoms with Gasteiger partial charge in [-0.1, -0.05) is 11.6 Å². The highest BCUT2D eigenvalue weighted by Gasteiger charge is 2.83. The second-order valence-corrected chi connectivity index (χ2v) is 13.1. The van der Waals surface area contributed by atoms with Crippen LogP contribution < -0.4 is 0 Å². The summed E-state index contributed by atoms with van der Waals surface area (Å²) in [5, 5.41) is 37.3. The molecule has 0 amide bonds. The Balaban J connectivity index is 1.44. The molecule has 6 aliphatic rings. The van der Waals surface area contributed by atoms with Crippen molar-refractivity contribution in [3.05, 3.63) is 23.3 Å². The highest BCUT2D eigenvalue weighted by Crippen LogP contribution is 2.75. The quantitative estimate of drug-likeness (QED) is 0.276. The number of epoxide rings is 1. The molecule has 3 N–H and O–H groups in total. The number of ketones is 1. The Bertz CT molecular complexity index is 1170. The Labute approximate surface area is 222 Å². The van der Waals surface area contributed by atoms with Gasteiger partial charge in [-0.05, 0) is 84.1 Å². The van der Waals surface area contributed by atoms with Crippen LogP contribution in [0.15, 0.2) is 23.3 Å². The van der Waals surface area contributed by atoms with Gasteiger partial charge in [0.1, 0.15) is 29.5 Å². The van der Waals surface area contributed by atoms with E-state index >= 15 is 0 Å². The molecule has 2 unspecified atom stereocenters. The molecule has 0 aromatic carbocycles. The zero-order chi connectivity index (χ0) is 27.5. The second kappa shape index (κ2) is 7.77. The molecule has 208 valence electrons. The maximum absolute atomic E-state index is 13.4. The smallest absolute Gasteiger partial charge is 0.334 e. The third kappa shape index (κ3) is 2.74. The molecule has 0 aromatic heterocycles. The molecule has 2 aliphatic heterocycles. The lowest BCUT2D eigenvalue weighted by molar-refractivity contribution is -0.296. The summed E-state index contributed by atoms with van der Waals surface area (Å²) in [6.45, 7) is 6.84. The van der Waals surface area contributed by atoms with Crippen LogP contribution in [0.2, 0.25) is 0 Å². The lowest BCUT2D eigenvalue weighted by Gasteiger charge is -2.63. The largest absolute Gasteiger partial charge is 0.467 e. The summed E-state index contributed by atoms with van der Waals surface area (Å²) in [7, 11) is 0. The van der Waals surface area contributed by atoms with Gasteiger partial charge in [0.05, 0.1) is 22.5 Å². The number of carbonyl (C=O) groups excluding carboxylic acids is 3. The van der Waals surface area contributed by atoms with Gasteiger partial charge in [0.15, 0.2) is 5.78 Å². The van der Waals surface area contributed by atoms with E-state index in [0.717, 1.165) is 5.57 Å². The van der Waals surface area contributed by atoms with Gasteiger partial charge in [-0.25, -0.2) is 4.79 Å². The molecule has 4 fully saturated rings. The van der Waals surface area contributed by atoms with Gasteiger partial charge >= 0.3 is 5.97 Å². The Morgan fingerprint density at radius 1 is 1.18 bits per heavy atom. The van der Waals surface area contributed by atoms with Crippen LogP contribution in [0.4, 0.5) is 0 Å². The molecule has 0 bridgehead atoms. The van der Waals surface area contributed by atoms with Crippen molar-refractivity contribution in [3.8, 4) is 0 Å². The fraction of sp³-hybridized carbons (Fsp3) is 0.759. The predicted molar refractivity (Wildman–Crippen MR) is 132 cm³/mol. The van der Waals surface area contributed by atoms with Crippen molar-refractivity contribution in [3.63, 3.8) is 0 Å². The molecule has 0 aromatic rings. The zero-order valence-corrected chi connectivity index (χ0v) is 22.5. The van der Waals surface area contributed by atoms with Gasteiger partial charge in [-0.3, -0.25) is 9.59 Å². The van der Waals surface area contributed by atoms with E-state index in [1.54, 1.807) is 19.9 Å². The van der Waals surface area contributed by atoms with E-state index in [-0.39, 0.29) is 56.6 Å². The predicted octanol–water partition coefficient (Wildman–Crippen LogP) is 1.91. The van der Waals surface area contributed by atoms with Crippen LogP contribution in [0.3, 0.4) is 0 Å². The minimum absolute atomic E-state index is 0.00630. The Morgan fingerprint density at radius 2 is 1.92 bits per heavy atom. The van der Waals surface area contributed by atoms with Crippen molar-refractivity contribution in [2.75, 3.05) is 6.61 Å². The Hall–Kier alpha value is -2.07. The van der Waals surface area contributed by atoms with Gasteiger partial charge in [0, 0.05) is 12.0 Å². The molecule has 2 heterocycles. The van der Waals surface area contributed by atoms with Gasteiger partial charge in [0.2, 0.25) is 0 Å². The highest BCUT2D eigenvalue weighted by atomic mass is 16.6. The summed E-state index contributed by atoms with van der Waals surface area (Å²) in [6.07, 6.45) is 4.49. The van der Waals surface area contributed by atoms with Crippen molar-refractivity contribution >= 4 is 18.2 Å². The Morgan fingerprint density at radius 3 is 2.61 bits per heavy atom. The molecule has 1 spiro atoms. The molecule has 10 atom stereocenters. The Kier molecular flexibility index (Phi) is 5.35. The van der Waals surface area contributed by atoms with Crippen LogP contribution in [-0.2, 0) is 28.6 Å². The first-order chi connectivity index (χ1) is 17.8. The van der Waals surface area contributed by atoms with E-state index in [9.17, 15) is 29.7 Å². The SMILES string of the molecule is CC1=C(C)C(=O)OC(C(C)(O)[C@]2(O)CC[C@@]3(O)[C@@H]4C[C@H]5O[C@]56CC=CC(=O)[C@]6(C)[C@H]4CC[C@@]32COC=O)C1. The average molecular weight is 531 g/mol. The van der Waals surface area contributed by atoms with E-state index < -0.39 is 51.2 Å². The van der Waals surface area contributed by atoms with Crippen LogP contribution >= 0.6 is 0 Å². The van der Waals surface area contributed by atoms with E-state index in [2.05, 4.69) is 0 Å². The first kappa shape index (κ1) is 26.2. The fourth-order valence-corrected chi connectivity index (χ4v) is 9.59. The summed E-state index contributed by atoms with van der Waals surface area (Å²) in [5.41, 5.74) is -7.05. The maximum Gasteiger partial charge on any atom is 0.334 e. The second-order valence-electron chi connectivity index (χ2n) is 13.1. The molecule has 4 aliphatic carbocycles. The third-order valence-electron chi connectivity index (χ3n) is 12.1. The van der Waals surface area contributed by atoms with Gasteiger partial charge in [-0.15, -0.1) is 0 Å². The lowest BCUT2D eigenvalue weighted by Crippen LogP contribution is -2.75. The molecule has 38 heavy (non-hydrogen) atoms. The summed E-state index contributed by atoms with van der Waals surface area (Å²) >= 11 is 0. The first-order valence-corrected chi connectivity index (χ1v) is 13.7. The van der Waals surface area contributed by atoms with Crippen LogP contribution in [-0.4, -0.2) is 74.8 Å². The first-order valence-electron chi connectivity index (χ1n) is 13.7. The van der Waals surface area contributed by atoms with E-state index in [1.807, 2.05) is 13.0 Å². The lowest BCUT2D eigenvalue weighted by atomic mass is 9.42. The maximum atomic E-state index is 13.4. The molecule has 1 saturated heterocycles. The molecular formula is C29H38O9. The minimum atomic E-state index is -1.96. The number of rotatable bonds is 5. The van der Waals surface area contributed by atoms with Crippen LogP contribution in [0.5, 0.6) is 0 Å². The van der Waals surface area contributed by atoms with Crippen molar-refractivity contribution in [1.29, 1.82) is 0 Å². The summed E-state index contributed by atoms with van der Waals surface area (Å²) in [5.74, 6) is -1.19. The van der Waals surface area contributed by atoms with E-state index in [4.69, 9.17) is 14.2 Å². The minimum Gasteiger partial charge on any atom is -0.467 e. The average Bonchev–Trinajstić information content (AvgIpc) is 3.53. The number of fused-ring (bicyclic) bond motifs is 4. The topological polar surface area (TPSA) is 143 Å². The van der Waals surface area contributed by atoms with Crippen LogP contribution in [0.25, 0.3) is 0 Å². The molecule has 0 radical (unpaired) electrons. The summed E-state index contributed by atoms with van der Waals surface area (Å²) in [6, 6.07) is 0. The number of hydrogen-bond acceptors (Lipinski definition) is 9. The van der Waals surface area contributed by atoms with Crippen LogP contribution in [0.1, 0.15) is 72.6 Å². The number of aliphatic hydroxyl groups is 3. The van der Waals surface area contributed by atoms with Crippen molar-refractivity contribution in [2.45, 2.75) is 107 Å². The number of hydrogen-bond donors (Lipinski definition) is 3. The van der Waals surface area contributed by atoms with Gasteiger partial charge in [0.25, 0.3) is 6.47 Å². The fourth-order valence-electron chi connectivity index (χ4n) is 9.59. The number of cyclic esters (lactones) is 1. The normalized spacial score (nSPS) is 50.7. The number of carbonyl (C=O) groups is 3. The molecule has 9 nitrogen and oxygen atoms in total. The highest BCUT2D eigenvalue weighted by molar-refractivity contribution is 5.97. The monoisotopic (exact) mass is 530 g/mol. The number of allylic oxidation sites excluding steroid dienone is 1. The van der Waals surface area contributed by atoms with Crippen LogP contribution in [0, 0.1) is 22.7 Å². The summed E-state index contributed by atoms with van der Waals surface area (Å²) in [4.78, 5) is 37.4. The number of esters is 1. The van der Waals surface area contributed by atoms with E-state index in [1.165, 1.54) is 6.92 Å². The molecule has 9 heteroatoms. The molecule has 6 rings (SSSR count). The zero-order valence-electron chi connectivity index (χ0n) is 22.5. The van der Waals surface area contributed by atoms with Crippen molar-refractivity contribution in [2.24, 2.45) is 22.7 Å². The number of ether oxygens (including phenoxy) is 3. The van der Waals surface area contributed by atoms with Gasteiger partial charge < -0.3 is 29.5 Å². The van der Waals surface area contributed by atoms with Crippen molar-refractivity contribution < 1.29 is 43.9 Å². The summed E-state index contributed by atoms with van der Waals surface area (Å²) < 4.78 is 17.2. The van der Waals surface area contributed by atoms with Gasteiger partial charge in [-0.2, -0.15) is 0 Å². The third-order valence-corrected chi connectivity index (χ3v) is 12.1. The van der Waals surface area contributed by atoms with E-state index in [0.29, 0.717) is 24.8 Å². The standard InChI is InChI=1S/C29H38O9/c1-16-12-21(37-23(32)17(16)2)25(4,33)29(35)11-10-27(34)19-13-22-28(38-22)8-5-6-20(31)24(28,3)18(19)7-9-26(27,29)14-36-15-30/h5-6,15,18-19,21-22,33-35H,7-14H2,1-4H3/t18-,19+,21?,22+,24-,25?,26+,27+,28+,29+/m0/s1. The van der Waals surface area contributed by atoms with Crippen molar-refractivity contribution in [1.82, 2.24) is 0 Å².